The topological polar surface area (TPSA) is 40.5 Å². The molecule has 4 aliphatic rings. The van der Waals surface area contributed by atoms with Crippen LogP contribution in [-0.4, -0.2) is 21.9 Å². The molecule has 4 aliphatic carbocycles. The molecule has 0 radical (unpaired) electrons. The van der Waals surface area contributed by atoms with Crippen LogP contribution < -0.4 is 0 Å². The van der Waals surface area contributed by atoms with E-state index in [4.69, 9.17) is 0 Å². The van der Waals surface area contributed by atoms with Crippen molar-refractivity contribution in [3.05, 3.63) is 11.6 Å². The molecule has 4 rings (SSSR count). The molecule has 33 heavy (non-hydrogen) atoms. The molecule has 0 aromatic carbocycles. The summed E-state index contributed by atoms with van der Waals surface area (Å²) >= 11 is 0. The molecule has 3 fully saturated rings. The number of rotatable bonds is 6. The molecule has 0 bridgehead atoms. The fourth-order valence-corrected chi connectivity index (χ4v) is 10.0. The zero-order valence-electron chi connectivity index (χ0n) is 23.1. The Morgan fingerprint density at radius 3 is 2.36 bits per heavy atom. The summed E-state index contributed by atoms with van der Waals surface area (Å²) in [4.78, 5) is 0. The van der Waals surface area contributed by atoms with Gasteiger partial charge in [-0.25, -0.2) is 0 Å². The Morgan fingerprint density at radius 1 is 1.03 bits per heavy atom. The highest BCUT2D eigenvalue weighted by Crippen LogP contribution is 2.75. The largest absolute Gasteiger partial charge is 0.392 e. The Bertz CT molecular complexity index is 763. The number of aliphatic hydroxyl groups excluding tert-OH is 1. The Kier molecular flexibility index (Phi) is 6.52. The van der Waals surface area contributed by atoms with E-state index < -0.39 is 5.60 Å². The number of allylic oxidation sites excluding steroid dienone is 1. The zero-order chi connectivity index (χ0) is 24.4. The van der Waals surface area contributed by atoms with Crippen LogP contribution in [-0.2, 0) is 0 Å². The van der Waals surface area contributed by atoms with E-state index >= 15 is 0 Å². The summed E-state index contributed by atoms with van der Waals surface area (Å²) in [5.41, 5.74) is 2.28. The van der Waals surface area contributed by atoms with Gasteiger partial charge in [-0.15, -0.1) is 0 Å². The van der Waals surface area contributed by atoms with Gasteiger partial charge in [0, 0.05) is 5.41 Å². The highest BCUT2D eigenvalue weighted by Gasteiger charge is 2.67. The predicted molar refractivity (Wildman–Crippen MR) is 139 cm³/mol. The number of aliphatic hydroxyl groups is 2. The Balaban J connectivity index is 1.59. The van der Waals surface area contributed by atoms with Crippen molar-refractivity contribution in [1.29, 1.82) is 0 Å². The van der Waals surface area contributed by atoms with E-state index in [1.165, 1.54) is 44.9 Å². The van der Waals surface area contributed by atoms with Gasteiger partial charge in [-0.2, -0.15) is 0 Å². The Hall–Kier alpha value is -0.340. The van der Waals surface area contributed by atoms with E-state index in [-0.39, 0.29) is 11.5 Å². The van der Waals surface area contributed by atoms with Crippen LogP contribution in [0.4, 0.5) is 0 Å². The maximum Gasteiger partial charge on any atom is 0.0631 e. The Labute approximate surface area is 205 Å². The first-order chi connectivity index (χ1) is 15.2. The van der Waals surface area contributed by atoms with Crippen LogP contribution in [0.3, 0.4) is 0 Å². The minimum Gasteiger partial charge on any atom is -0.392 e. The van der Waals surface area contributed by atoms with E-state index in [9.17, 15) is 10.2 Å². The molecule has 2 N–H and O–H groups in total. The molecule has 0 amide bonds. The molecule has 3 saturated carbocycles. The number of hydrogen-bond acceptors (Lipinski definition) is 2. The molecule has 0 spiro atoms. The number of hydrogen-bond donors (Lipinski definition) is 2. The second-order valence-electron chi connectivity index (χ2n) is 14.5. The maximum atomic E-state index is 10.9. The van der Waals surface area contributed by atoms with Crippen LogP contribution in [0.2, 0.25) is 0 Å². The van der Waals surface area contributed by atoms with Gasteiger partial charge in [0.15, 0.2) is 0 Å². The van der Waals surface area contributed by atoms with Gasteiger partial charge in [0.1, 0.15) is 0 Å². The monoisotopic (exact) mass is 458 g/mol. The molecule has 9 atom stereocenters. The van der Waals surface area contributed by atoms with E-state index in [0.717, 1.165) is 43.4 Å². The summed E-state index contributed by atoms with van der Waals surface area (Å²) in [5.74, 6) is 2.98. The van der Waals surface area contributed by atoms with E-state index in [1.54, 1.807) is 5.57 Å². The fraction of sp³-hybridized carbons (Fsp3) is 0.935. The lowest BCUT2D eigenvalue weighted by atomic mass is 9.39. The van der Waals surface area contributed by atoms with Crippen molar-refractivity contribution in [2.24, 2.45) is 45.3 Å². The molecule has 0 aromatic heterocycles. The molecule has 3 unspecified atom stereocenters. The lowest BCUT2D eigenvalue weighted by molar-refractivity contribution is -0.146. The molecule has 0 heterocycles. The van der Waals surface area contributed by atoms with Gasteiger partial charge < -0.3 is 10.2 Å². The summed E-state index contributed by atoms with van der Waals surface area (Å²) in [5, 5.41) is 21.1. The van der Waals surface area contributed by atoms with Gasteiger partial charge in [0.05, 0.1) is 11.7 Å². The van der Waals surface area contributed by atoms with Crippen molar-refractivity contribution in [2.45, 2.75) is 138 Å². The molecule has 0 saturated heterocycles. The predicted octanol–water partition coefficient (Wildman–Crippen LogP) is 7.92. The van der Waals surface area contributed by atoms with Crippen molar-refractivity contribution in [1.82, 2.24) is 0 Å². The van der Waals surface area contributed by atoms with Crippen LogP contribution in [0.15, 0.2) is 11.6 Å². The van der Waals surface area contributed by atoms with E-state index in [0.29, 0.717) is 22.2 Å². The summed E-state index contributed by atoms with van der Waals surface area (Å²) in [6, 6.07) is 0. The average Bonchev–Trinajstić information content (AvgIpc) is 3.01. The van der Waals surface area contributed by atoms with Crippen molar-refractivity contribution >= 4 is 0 Å². The lowest BCUT2D eigenvalue weighted by Gasteiger charge is -2.66. The molecular formula is C31H54O2. The maximum absolute atomic E-state index is 10.9. The highest BCUT2D eigenvalue weighted by molar-refractivity contribution is 5.30. The average molecular weight is 459 g/mol. The summed E-state index contributed by atoms with van der Waals surface area (Å²) in [6.07, 6.45) is 15.7. The molecular weight excluding hydrogens is 404 g/mol. The van der Waals surface area contributed by atoms with Crippen molar-refractivity contribution < 1.29 is 10.2 Å². The first-order valence-corrected chi connectivity index (χ1v) is 14.3. The quantitative estimate of drug-likeness (QED) is 0.397. The third-order valence-corrected chi connectivity index (χ3v) is 12.6. The number of fused-ring (bicyclic) bond motifs is 5. The van der Waals surface area contributed by atoms with Crippen molar-refractivity contribution in [3.63, 3.8) is 0 Å². The van der Waals surface area contributed by atoms with Crippen molar-refractivity contribution in [3.8, 4) is 0 Å². The highest BCUT2D eigenvalue weighted by atomic mass is 16.3. The summed E-state index contributed by atoms with van der Waals surface area (Å²) in [6.45, 7) is 19.0. The smallest absolute Gasteiger partial charge is 0.0631 e. The SMILES string of the molecule is CC[C@]1(C)C2=CCC3[C@@](C)(CC[C@]4(C)C([C@H](C)CCCC(C)(C)O)CC[C@@]34C)C2CC[C@@H]1O. The van der Waals surface area contributed by atoms with Gasteiger partial charge in [-0.1, -0.05) is 66.0 Å². The molecule has 190 valence electrons. The second-order valence-corrected chi connectivity index (χ2v) is 14.5. The zero-order valence-corrected chi connectivity index (χ0v) is 23.1. The summed E-state index contributed by atoms with van der Waals surface area (Å²) < 4.78 is 0. The van der Waals surface area contributed by atoms with E-state index in [2.05, 4.69) is 47.6 Å². The van der Waals surface area contributed by atoms with Gasteiger partial charge in [0.25, 0.3) is 0 Å². The second kappa shape index (κ2) is 8.36. The molecule has 0 aliphatic heterocycles. The first kappa shape index (κ1) is 25.7. The fourth-order valence-electron chi connectivity index (χ4n) is 10.0. The minimum absolute atomic E-state index is 0.0221. The van der Waals surface area contributed by atoms with Crippen LogP contribution in [0.25, 0.3) is 0 Å². The third kappa shape index (κ3) is 3.80. The molecule has 2 heteroatoms. The lowest BCUT2D eigenvalue weighted by Crippen LogP contribution is -2.59. The third-order valence-electron chi connectivity index (χ3n) is 12.6. The molecule has 2 nitrogen and oxygen atoms in total. The first-order valence-electron chi connectivity index (χ1n) is 14.3. The molecule has 0 aromatic rings. The van der Waals surface area contributed by atoms with Gasteiger partial charge in [-0.3, -0.25) is 0 Å². The normalized spacial score (nSPS) is 48.5. The van der Waals surface area contributed by atoms with Gasteiger partial charge in [0.2, 0.25) is 0 Å². The van der Waals surface area contributed by atoms with E-state index in [1.807, 2.05) is 13.8 Å². The standard InChI is InChI=1S/C31H54O2/c1-9-28(5)23-12-14-25-29(6,24(23)13-15-26(28)32)19-20-30(7)22(16-18-31(25,30)8)21(2)11-10-17-27(3,4)33/h12,21-22,24-26,32-33H,9-11,13-20H2,1-8H3/t21-,22?,24?,25?,26+,28-,29+,30-,31+/m1/s1. The van der Waals surface area contributed by atoms with Gasteiger partial charge in [-0.05, 0) is 112 Å². The van der Waals surface area contributed by atoms with Crippen LogP contribution in [0, 0.1) is 45.3 Å². The van der Waals surface area contributed by atoms with Crippen LogP contribution in [0.1, 0.15) is 126 Å². The van der Waals surface area contributed by atoms with Crippen LogP contribution >= 0.6 is 0 Å². The minimum atomic E-state index is -0.535. The Morgan fingerprint density at radius 2 is 1.73 bits per heavy atom. The van der Waals surface area contributed by atoms with Crippen LogP contribution in [0.5, 0.6) is 0 Å². The summed E-state index contributed by atoms with van der Waals surface area (Å²) in [7, 11) is 0. The van der Waals surface area contributed by atoms with Crippen molar-refractivity contribution in [2.75, 3.05) is 0 Å². The van der Waals surface area contributed by atoms with Gasteiger partial charge >= 0.3 is 0 Å².